The number of ether oxygens (including phenoxy) is 1. The number of methoxy groups -OCH3 is 1. The van der Waals surface area contributed by atoms with Crippen LogP contribution in [0.3, 0.4) is 0 Å². The fourth-order valence-electron chi connectivity index (χ4n) is 2.35. The van der Waals surface area contributed by atoms with E-state index in [0.29, 0.717) is 24.7 Å². The molecule has 7 heteroatoms. The van der Waals surface area contributed by atoms with Crippen molar-refractivity contribution in [2.45, 2.75) is 51.9 Å². The first-order valence-electron chi connectivity index (χ1n) is 8.63. The Morgan fingerprint density at radius 2 is 2.04 bits per heavy atom. The number of hydrogen-bond acceptors (Lipinski definition) is 5. The molecule has 136 valence electrons. The number of nitrogens with zero attached hydrogens (tertiary/aromatic N) is 2. The SMILES string of the molecule is CCCCCCCC(=O)N(CCCOC)CC(=O)Nc1nccs1. The lowest BCUT2D eigenvalue weighted by Crippen LogP contribution is -2.38. The number of amides is 2. The molecule has 0 aliphatic carbocycles. The molecule has 0 radical (unpaired) electrons. The molecule has 0 fully saturated rings. The topological polar surface area (TPSA) is 71.5 Å². The molecule has 1 rings (SSSR count). The Labute approximate surface area is 148 Å². The van der Waals surface area contributed by atoms with Gasteiger partial charge in [0.1, 0.15) is 0 Å². The summed E-state index contributed by atoms with van der Waals surface area (Å²) in [7, 11) is 1.63. The van der Waals surface area contributed by atoms with Gasteiger partial charge in [-0.1, -0.05) is 32.6 Å². The number of rotatable bonds is 13. The van der Waals surface area contributed by atoms with E-state index in [1.54, 1.807) is 23.6 Å². The van der Waals surface area contributed by atoms with Crippen molar-refractivity contribution >= 4 is 28.3 Å². The zero-order chi connectivity index (χ0) is 17.6. The molecule has 6 nitrogen and oxygen atoms in total. The summed E-state index contributed by atoms with van der Waals surface area (Å²) < 4.78 is 5.04. The molecule has 0 aliphatic heterocycles. The number of aromatic nitrogens is 1. The molecule has 24 heavy (non-hydrogen) atoms. The summed E-state index contributed by atoms with van der Waals surface area (Å²) in [6.07, 6.45) is 8.38. The lowest BCUT2D eigenvalue weighted by Gasteiger charge is -2.22. The first kappa shape index (κ1) is 20.6. The lowest BCUT2D eigenvalue weighted by molar-refractivity contribution is -0.135. The van der Waals surface area contributed by atoms with E-state index < -0.39 is 0 Å². The fourth-order valence-corrected chi connectivity index (χ4v) is 2.89. The second-order valence-corrected chi connectivity index (χ2v) is 6.61. The maximum absolute atomic E-state index is 12.4. The maximum atomic E-state index is 12.4. The van der Waals surface area contributed by atoms with Crippen molar-refractivity contribution in [1.82, 2.24) is 9.88 Å². The smallest absolute Gasteiger partial charge is 0.245 e. The van der Waals surface area contributed by atoms with Crippen LogP contribution < -0.4 is 5.32 Å². The summed E-state index contributed by atoms with van der Waals surface area (Å²) in [5, 5.41) is 5.08. The van der Waals surface area contributed by atoms with Crippen LogP contribution in [-0.4, -0.2) is 48.5 Å². The molecule has 2 amide bonds. The molecule has 0 unspecified atom stereocenters. The van der Waals surface area contributed by atoms with E-state index in [-0.39, 0.29) is 18.4 Å². The highest BCUT2D eigenvalue weighted by Gasteiger charge is 2.17. The number of carbonyl (C=O) groups excluding carboxylic acids is 2. The minimum atomic E-state index is -0.207. The van der Waals surface area contributed by atoms with Crippen LogP contribution in [0, 0.1) is 0 Å². The monoisotopic (exact) mass is 355 g/mol. The lowest BCUT2D eigenvalue weighted by atomic mass is 10.1. The van der Waals surface area contributed by atoms with Gasteiger partial charge in [-0.2, -0.15) is 0 Å². The molecule has 0 saturated carbocycles. The molecule has 0 bridgehead atoms. The van der Waals surface area contributed by atoms with Crippen molar-refractivity contribution in [3.05, 3.63) is 11.6 Å². The van der Waals surface area contributed by atoms with E-state index in [4.69, 9.17) is 4.74 Å². The zero-order valence-corrected chi connectivity index (χ0v) is 15.6. The highest BCUT2D eigenvalue weighted by molar-refractivity contribution is 7.13. The van der Waals surface area contributed by atoms with Crippen molar-refractivity contribution < 1.29 is 14.3 Å². The minimum Gasteiger partial charge on any atom is -0.385 e. The number of nitrogens with one attached hydrogen (secondary N) is 1. The van der Waals surface area contributed by atoms with Gasteiger partial charge >= 0.3 is 0 Å². The van der Waals surface area contributed by atoms with E-state index in [1.807, 2.05) is 0 Å². The van der Waals surface area contributed by atoms with Gasteiger partial charge in [0.25, 0.3) is 0 Å². The van der Waals surface area contributed by atoms with Gasteiger partial charge in [-0.15, -0.1) is 11.3 Å². The highest BCUT2D eigenvalue weighted by atomic mass is 32.1. The molecule has 0 aromatic carbocycles. The van der Waals surface area contributed by atoms with Crippen LogP contribution in [0.4, 0.5) is 5.13 Å². The van der Waals surface area contributed by atoms with Crippen LogP contribution in [0.25, 0.3) is 0 Å². The second-order valence-electron chi connectivity index (χ2n) is 5.71. The third kappa shape index (κ3) is 8.98. The summed E-state index contributed by atoms with van der Waals surface area (Å²) in [6, 6.07) is 0. The van der Waals surface area contributed by atoms with Crippen molar-refractivity contribution in [3.8, 4) is 0 Å². The van der Waals surface area contributed by atoms with Gasteiger partial charge in [0.15, 0.2) is 5.13 Å². The number of unbranched alkanes of at least 4 members (excludes halogenated alkanes) is 4. The quantitative estimate of drug-likeness (QED) is 0.551. The predicted molar refractivity (Wildman–Crippen MR) is 97.2 cm³/mol. The van der Waals surface area contributed by atoms with Crippen molar-refractivity contribution in [1.29, 1.82) is 0 Å². The Morgan fingerprint density at radius 1 is 1.25 bits per heavy atom. The van der Waals surface area contributed by atoms with E-state index in [1.165, 1.54) is 24.2 Å². The second kappa shape index (κ2) is 12.9. The molecule has 1 aromatic rings. The van der Waals surface area contributed by atoms with E-state index in [2.05, 4.69) is 17.2 Å². The van der Waals surface area contributed by atoms with Crippen molar-refractivity contribution in [2.24, 2.45) is 0 Å². The van der Waals surface area contributed by atoms with Gasteiger partial charge in [-0.3, -0.25) is 9.59 Å². The average Bonchev–Trinajstić information content (AvgIpc) is 3.06. The van der Waals surface area contributed by atoms with Crippen molar-refractivity contribution in [3.63, 3.8) is 0 Å². The van der Waals surface area contributed by atoms with Gasteiger partial charge in [0.05, 0.1) is 6.54 Å². The Kier molecular flexibility index (Phi) is 11.1. The molecule has 0 atom stereocenters. The van der Waals surface area contributed by atoms with Crippen LogP contribution in [0.2, 0.25) is 0 Å². The molecule has 1 aromatic heterocycles. The van der Waals surface area contributed by atoms with Gasteiger partial charge < -0.3 is 15.0 Å². The number of hydrogen-bond donors (Lipinski definition) is 1. The normalized spacial score (nSPS) is 10.6. The summed E-state index contributed by atoms with van der Waals surface area (Å²) in [5.41, 5.74) is 0. The van der Waals surface area contributed by atoms with Crippen LogP contribution in [-0.2, 0) is 14.3 Å². The number of carbonyl (C=O) groups is 2. The van der Waals surface area contributed by atoms with Gasteiger partial charge in [0, 0.05) is 38.3 Å². The Bertz CT molecular complexity index is 466. The summed E-state index contributed by atoms with van der Waals surface area (Å²) >= 11 is 1.36. The van der Waals surface area contributed by atoms with Crippen molar-refractivity contribution in [2.75, 3.05) is 32.1 Å². The van der Waals surface area contributed by atoms with Gasteiger partial charge in [-0.05, 0) is 12.8 Å². The number of anilines is 1. The average molecular weight is 356 g/mol. The molecule has 1 N–H and O–H groups in total. The summed E-state index contributed by atoms with van der Waals surface area (Å²) in [5.74, 6) is -0.168. The van der Waals surface area contributed by atoms with Crippen LogP contribution in [0.15, 0.2) is 11.6 Å². The fraction of sp³-hybridized carbons (Fsp3) is 0.706. The van der Waals surface area contributed by atoms with E-state index in [0.717, 1.165) is 25.7 Å². The van der Waals surface area contributed by atoms with E-state index >= 15 is 0 Å². The molecule has 0 aliphatic rings. The highest BCUT2D eigenvalue weighted by Crippen LogP contribution is 2.11. The van der Waals surface area contributed by atoms with Crippen LogP contribution >= 0.6 is 11.3 Å². The predicted octanol–water partition coefficient (Wildman–Crippen LogP) is 3.31. The standard InChI is InChI=1S/C17H29N3O3S/c1-3-4-5-6-7-9-16(22)20(11-8-12-23-2)14-15(21)19-17-18-10-13-24-17/h10,13H,3-9,11-12,14H2,1-2H3,(H,18,19,21). The third-order valence-corrected chi connectivity index (χ3v) is 4.33. The number of thiazole rings is 1. The molecule has 0 spiro atoms. The molecule has 0 saturated heterocycles. The first-order chi connectivity index (χ1) is 11.7. The van der Waals surface area contributed by atoms with E-state index in [9.17, 15) is 9.59 Å². The Hall–Kier alpha value is -1.47. The first-order valence-corrected chi connectivity index (χ1v) is 9.51. The Morgan fingerprint density at radius 3 is 2.71 bits per heavy atom. The Balaban J connectivity index is 2.42. The van der Waals surface area contributed by atoms with Crippen LogP contribution in [0.1, 0.15) is 51.9 Å². The maximum Gasteiger partial charge on any atom is 0.245 e. The minimum absolute atomic E-state index is 0.0388. The molecule has 1 heterocycles. The zero-order valence-electron chi connectivity index (χ0n) is 14.8. The third-order valence-electron chi connectivity index (χ3n) is 3.64. The molecular formula is C17H29N3O3S. The summed E-state index contributed by atoms with van der Waals surface area (Å²) in [6.45, 7) is 3.35. The van der Waals surface area contributed by atoms with Gasteiger partial charge in [0.2, 0.25) is 11.8 Å². The molecular weight excluding hydrogens is 326 g/mol. The van der Waals surface area contributed by atoms with Crippen LogP contribution in [0.5, 0.6) is 0 Å². The summed E-state index contributed by atoms with van der Waals surface area (Å²) in [4.78, 5) is 30.2. The van der Waals surface area contributed by atoms with Gasteiger partial charge in [-0.25, -0.2) is 4.98 Å². The largest absolute Gasteiger partial charge is 0.385 e.